The number of hydrogen-bond acceptors (Lipinski definition) is 5. The maximum atomic E-state index is 5.92. The van der Waals surface area contributed by atoms with Crippen molar-refractivity contribution in [2.45, 2.75) is 26.4 Å². The van der Waals surface area contributed by atoms with E-state index in [-0.39, 0.29) is 0 Å². The van der Waals surface area contributed by atoms with E-state index in [1.807, 2.05) is 6.07 Å². The van der Waals surface area contributed by atoms with Crippen molar-refractivity contribution in [1.29, 1.82) is 0 Å². The van der Waals surface area contributed by atoms with Crippen molar-refractivity contribution in [3.63, 3.8) is 0 Å². The third kappa shape index (κ3) is 3.52. The first-order chi connectivity index (χ1) is 11.3. The van der Waals surface area contributed by atoms with E-state index in [1.165, 1.54) is 5.56 Å². The van der Waals surface area contributed by atoms with Crippen LogP contribution in [0.25, 0.3) is 0 Å². The quantitative estimate of drug-likeness (QED) is 0.800. The van der Waals surface area contributed by atoms with E-state index < -0.39 is 0 Å². The normalized spacial score (nSPS) is 28.1. The summed E-state index contributed by atoms with van der Waals surface area (Å²) < 4.78 is 11.3. The minimum atomic E-state index is 0.560. The van der Waals surface area contributed by atoms with Crippen LogP contribution in [-0.4, -0.2) is 67.3 Å². The van der Waals surface area contributed by atoms with Gasteiger partial charge in [-0.2, -0.15) is 0 Å². The molecule has 0 aliphatic carbocycles. The van der Waals surface area contributed by atoms with E-state index in [4.69, 9.17) is 9.47 Å². The van der Waals surface area contributed by atoms with Crippen molar-refractivity contribution in [1.82, 2.24) is 14.8 Å². The highest BCUT2D eigenvalue weighted by atomic mass is 16.5. The molecule has 0 radical (unpaired) electrons. The number of likely N-dealkylation sites (tertiary alicyclic amines) is 1. The molecule has 23 heavy (non-hydrogen) atoms. The van der Waals surface area contributed by atoms with Crippen molar-refractivity contribution >= 4 is 0 Å². The first kappa shape index (κ1) is 16.7. The largest absolute Gasteiger partial charge is 0.481 e. The van der Waals surface area contributed by atoms with Crippen LogP contribution in [0.5, 0.6) is 5.88 Å². The standard InChI is InChI=1S/C18H29N3O2/c1-4-21(5-2)17-13-23-12-15-10-20(11-16(15)17)9-14-7-6-8-19-18(14)22-3/h6-8,15-17H,4-5,9-13H2,1-3H3/t15-,16-,17-/m1/s1. The summed E-state index contributed by atoms with van der Waals surface area (Å²) in [6, 6.07) is 4.67. The van der Waals surface area contributed by atoms with Gasteiger partial charge in [-0.15, -0.1) is 0 Å². The van der Waals surface area contributed by atoms with Crippen LogP contribution in [0.3, 0.4) is 0 Å². The smallest absolute Gasteiger partial charge is 0.217 e. The highest BCUT2D eigenvalue weighted by molar-refractivity contribution is 5.25. The fraction of sp³-hybridized carbons (Fsp3) is 0.722. The number of rotatable bonds is 6. The number of likely N-dealkylation sites (N-methyl/N-ethyl adjacent to an activating group) is 1. The van der Waals surface area contributed by atoms with Crippen molar-refractivity contribution in [3.05, 3.63) is 23.9 Å². The molecule has 5 heteroatoms. The Hall–Kier alpha value is -1.17. The van der Waals surface area contributed by atoms with Gasteiger partial charge in [0.25, 0.3) is 0 Å². The molecular weight excluding hydrogens is 290 g/mol. The summed E-state index contributed by atoms with van der Waals surface area (Å²) in [5.41, 5.74) is 1.17. The summed E-state index contributed by atoms with van der Waals surface area (Å²) in [7, 11) is 1.69. The highest BCUT2D eigenvalue weighted by Gasteiger charge is 2.42. The molecule has 128 valence electrons. The summed E-state index contributed by atoms with van der Waals surface area (Å²) in [4.78, 5) is 9.42. The maximum absolute atomic E-state index is 5.92. The third-order valence-corrected chi connectivity index (χ3v) is 5.40. The van der Waals surface area contributed by atoms with Gasteiger partial charge in [0.15, 0.2) is 0 Å². The summed E-state index contributed by atoms with van der Waals surface area (Å²) in [5, 5.41) is 0. The Morgan fingerprint density at radius 3 is 2.87 bits per heavy atom. The monoisotopic (exact) mass is 319 g/mol. The third-order valence-electron chi connectivity index (χ3n) is 5.40. The lowest BCUT2D eigenvalue weighted by Gasteiger charge is -2.39. The average Bonchev–Trinajstić information content (AvgIpc) is 2.99. The number of pyridine rings is 1. The first-order valence-electron chi connectivity index (χ1n) is 8.78. The van der Waals surface area contributed by atoms with E-state index in [1.54, 1.807) is 13.3 Å². The SMILES string of the molecule is CCN(CC)[C@@H]1COC[C@H]2CN(Cc3cccnc3OC)C[C@H]21. The van der Waals surface area contributed by atoms with Crippen LogP contribution in [0, 0.1) is 11.8 Å². The van der Waals surface area contributed by atoms with Gasteiger partial charge in [-0.05, 0) is 25.1 Å². The lowest BCUT2D eigenvalue weighted by atomic mass is 9.87. The number of aromatic nitrogens is 1. The number of fused-ring (bicyclic) bond motifs is 1. The number of methoxy groups -OCH3 is 1. The van der Waals surface area contributed by atoms with Crippen molar-refractivity contribution < 1.29 is 9.47 Å². The van der Waals surface area contributed by atoms with Crippen LogP contribution >= 0.6 is 0 Å². The number of ether oxygens (including phenoxy) is 2. The van der Waals surface area contributed by atoms with Crippen molar-refractivity contribution in [2.24, 2.45) is 11.8 Å². The van der Waals surface area contributed by atoms with Crippen LogP contribution in [-0.2, 0) is 11.3 Å². The van der Waals surface area contributed by atoms with Crippen LogP contribution in [0.1, 0.15) is 19.4 Å². The second-order valence-corrected chi connectivity index (χ2v) is 6.62. The van der Waals surface area contributed by atoms with Gasteiger partial charge in [0.2, 0.25) is 5.88 Å². The van der Waals surface area contributed by atoms with Gasteiger partial charge < -0.3 is 9.47 Å². The molecular formula is C18H29N3O2. The first-order valence-corrected chi connectivity index (χ1v) is 8.78. The minimum absolute atomic E-state index is 0.560. The lowest BCUT2D eigenvalue weighted by molar-refractivity contribution is -0.0348. The van der Waals surface area contributed by atoms with Gasteiger partial charge >= 0.3 is 0 Å². The van der Waals surface area contributed by atoms with Gasteiger partial charge in [0.1, 0.15) is 0 Å². The molecule has 1 aromatic heterocycles. The van der Waals surface area contributed by atoms with E-state index >= 15 is 0 Å². The molecule has 1 aromatic rings. The topological polar surface area (TPSA) is 37.8 Å². The van der Waals surface area contributed by atoms with Gasteiger partial charge in [-0.3, -0.25) is 9.80 Å². The van der Waals surface area contributed by atoms with Gasteiger partial charge in [0.05, 0.1) is 20.3 Å². The van der Waals surface area contributed by atoms with Crippen molar-refractivity contribution in [3.8, 4) is 5.88 Å². The van der Waals surface area contributed by atoms with Crippen LogP contribution < -0.4 is 4.74 Å². The highest BCUT2D eigenvalue weighted by Crippen LogP contribution is 2.34. The summed E-state index contributed by atoms with van der Waals surface area (Å²) in [6.45, 7) is 11.7. The summed E-state index contributed by atoms with van der Waals surface area (Å²) in [6.07, 6.45) is 1.79. The molecule has 0 bridgehead atoms. The Bertz CT molecular complexity index is 507. The molecule has 2 aliphatic rings. The zero-order valence-corrected chi connectivity index (χ0v) is 14.6. The fourth-order valence-electron chi connectivity index (χ4n) is 4.23. The molecule has 2 saturated heterocycles. The van der Waals surface area contributed by atoms with Crippen LogP contribution in [0.2, 0.25) is 0 Å². The molecule has 2 fully saturated rings. The van der Waals surface area contributed by atoms with Gasteiger partial charge in [0, 0.05) is 43.4 Å². The number of nitrogens with zero attached hydrogens (tertiary/aromatic N) is 3. The van der Waals surface area contributed by atoms with Crippen LogP contribution in [0.4, 0.5) is 0 Å². The average molecular weight is 319 g/mol. The second kappa shape index (κ2) is 7.60. The molecule has 2 aliphatic heterocycles. The Morgan fingerprint density at radius 1 is 1.30 bits per heavy atom. The molecule has 3 heterocycles. The zero-order chi connectivity index (χ0) is 16.2. The number of hydrogen-bond donors (Lipinski definition) is 0. The Balaban J connectivity index is 1.68. The van der Waals surface area contributed by atoms with Gasteiger partial charge in [-0.25, -0.2) is 4.98 Å². The molecule has 0 saturated carbocycles. The predicted molar refractivity (Wildman–Crippen MR) is 90.6 cm³/mol. The summed E-state index contributed by atoms with van der Waals surface area (Å²) >= 11 is 0. The van der Waals surface area contributed by atoms with E-state index in [0.29, 0.717) is 17.9 Å². The van der Waals surface area contributed by atoms with E-state index in [2.05, 4.69) is 34.7 Å². The maximum Gasteiger partial charge on any atom is 0.217 e. The zero-order valence-electron chi connectivity index (χ0n) is 14.6. The van der Waals surface area contributed by atoms with Crippen molar-refractivity contribution in [2.75, 3.05) is 46.5 Å². The second-order valence-electron chi connectivity index (χ2n) is 6.62. The Labute approximate surface area is 139 Å². The molecule has 0 aromatic carbocycles. The molecule has 3 atom stereocenters. The Morgan fingerprint density at radius 2 is 2.13 bits per heavy atom. The fourth-order valence-corrected chi connectivity index (χ4v) is 4.23. The van der Waals surface area contributed by atoms with E-state index in [9.17, 15) is 0 Å². The molecule has 0 unspecified atom stereocenters. The molecule has 0 N–H and O–H groups in total. The summed E-state index contributed by atoms with van der Waals surface area (Å²) in [5.74, 6) is 2.11. The lowest BCUT2D eigenvalue weighted by Crippen LogP contribution is -2.50. The van der Waals surface area contributed by atoms with Crippen LogP contribution in [0.15, 0.2) is 18.3 Å². The van der Waals surface area contributed by atoms with E-state index in [0.717, 1.165) is 51.8 Å². The van der Waals surface area contributed by atoms with Gasteiger partial charge in [-0.1, -0.05) is 19.9 Å². The molecule has 0 spiro atoms. The molecule has 5 nitrogen and oxygen atoms in total. The predicted octanol–water partition coefficient (Wildman–Crippen LogP) is 1.88. The minimum Gasteiger partial charge on any atom is -0.481 e. The molecule has 3 rings (SSSR count). The Kier molecular flexibility index (Phi) is 5.51. The molecule has 0 amide bonds.